The molecule has 1 aromatic rings. The molecular weight excluding hydrogens is 1460 g/mol. The molecular formula is C72H115N15O24. The Bertz CT molecular complexity index is 3410. The van der Waals surface area contributed by atoms with Crippen molar-refractivity contribution in [2.24, 2.45) is 41.2 Å². The van der Waals surface area contributed by atoms with Crippen molar-refractivity contribution in [2.75, 3.05) is 26.2 Å². The number of aliphatic hydroxyl groups excluding tert-OH is 2. The third kappa shape index (κ3) is 33.4. The summed E-state index contributed by atoms with van der Waals surface area (Å²) >= 11 is 0. The number of likely N-dealkylation sites (tertiary alicyclic amines) is 1. The van der Waals surface area contributed by atoms with E-state index in [9.17, 15) is 117 Å². The Balaban J connectivity index is 2.49. The molecule has 0 bridgehead atoms. The molecule has 15 atom stereocenters. The van der Waals surface area contributed by atoms with Crippen LogP contribution < -0.4 is 74.9 Å². The molecule has 39 heteroatoms. The predicted molar refractivity (Wildman–Crippen MR) is 395 cm³/mol. The molecule has 39 nitrogen and oxygen atoms in total. The van der Waals surface area contributed by atoms with E-state index in [0.29, 0.717) is 5.56 Å². The highest BCUT2D eigenvalue weighted by Gasteiger charge is 2.43. The van der Waals surface area contributed by atoms with Crippen LogP contribution in [-0.2, 0) is 92.7 Å². The highest BCUT2D eigenvalue weighted by atomic mass is 16.4. The van der Waals surface area contributed by atoms with Gasteiger partial charge in [-0.1, -0.05) is 120 Å². The van der Waals surface area contributed by atoms with E-state index in [1.54, 1.807) is 71.9 Å². The molecule has 1 fully saturated rings. The quantitative estimate of drug-likeness (QED) is 0.0295. The molecule has 0 radical (unpaired) electrons. The second-order valence-electron chi connectivity index (χ2n) is 29.3. The summed E-state index contributed by atoms with van der Waals surface area (Å²) in [6.07, 6.45) is -5.49. The molecule has 0 saturated carbocycles. The number of carboxylic acids is 4. The first kappa shape index (κ1) is 96.6. The summed E-state index contributed by atoms with van der Waals surface area (Å²) in [7, 11) is 0. The third-order valence-electron chi connectivity index (χ3n) is 18.2. The largest absolute Gasteiger partial charge is 0.481 e. The first-order valence-electron chi connectivity index (χ1n) is 37.0. The molecule has 1 aromatic carbocycles. The average molecular weight is 1570 g/mol. The number of carbonyl (C=O) groups is 18. The van der Waals surface area contributed by atoms with E-state index in [0.717, 1.165) is 11.8 Å². The first-order chi connectivity index (χ1) is 51.8. The van der Waals surface area contributed by atoms with E-state index in [4.69, 9.17) is 5.73 Å². The van der Waals surface area contributed by atoms with Gasteiger partial charge in [0.2, 0.25) is 82.7 Å². The molecule has 21 N–H and O–H groups in total. The number of amides is 14. The standard InChI is InChI=1S/C72H115N15O24/c1-14-39(12)58(85-62(100)43(23-26-52(94)95)78-65(103)47(33-88)76-50(91)32-74-49(90)31-75-67(105)54(73)35(4)5)69(107)81-45(29-34(2)3)63(101)80-46(30-41-19-16-15-17-20-41)64(102)77-42(22-25-51(92)93)61(99)83-56(37(8)9)71(109)87-28-18-21-48(87)66(104)79-44(24-27-53(96)97)60(98)82-55(36(6)7)68(106)86-59(40(13)89)70(108)84-57(38(10)11)72(110)111/h15-17,19-20,34-40,42-48,54-59,88-89H,14,18,21-33,73H2,1-13H3,(H,74,90)(H,75,105)(H,76,91)(H,77,102)(H,78,103)(H,79,104)(H,80,101)(H,81,107)(H,82,98)(H,83,99)(H,84,108)(H,85,100)(H,86,106)(H,92,93)(H,94,95)(H,96,97)(H,110,111)/t39-,40+,42-,43-,44-,45-,46-,47-,48-,54-,55-,56-,57-,58-,59-/m0/s1. The van der Waals surface area contributed by atoms with Gasteiger partial charge in [0.15, 0.2) is 0 Å². The Morgan fingerprint density at radius 3 is 1.32 bits per heavy atom. The minimum absolute atomic E-state index is 0.0178. The molecule has 0 aliphatic carbocycles. The van der Waals surface area contributed by atoms with E-state index >= 15 is 0 Å². The van der Waals surface area contributed by atoms with Crippen molar-refractivity contribution in [3.05, 3.63) is 35.9 Å². The molecule has 2 rings (SSSR count). The topological polar surface area (TPSA) is 614 Å². The van der Waals surface area contributed by atoms with Crippen LogP contribution in [0.15, 0.2) is 30.3 Å². The summed E-state index contributed by atoms with van der Waals surface area (Å²) in [5, 5.41) is 90.9. The minimum Gasteiger partial charge on any atom is -0.481 e. The highest BCUT2D eigenvalue weighted by molar-refractivity contribution is 6.01. The first-order valence-corrected chi connectivity index (χ1v) is 37.0. The molecule has 1 saturated heterocycles. The molecule has 1 aliphatic heterocycles. The predicted octanol–water partition coefficient (Wildman–Crippen LogP) is -4.12. The number of aliphatic hydroxyl groups is 2. The van der Waals surface area contributed by atoms with E-state index in [1.165, 1.54) is 41.5 Å². The lowest BCUT2D eigenvalue weighted by atomic mass is 9.96. The van der Waals surface area contributed by atoms with E-state index < -0.39 is 273 Å². The zero-order chi connectivity index (χ0) is 84.4. The monoisotopic (exact) mass is 1570 g/mol. The lowest BCUT2D eigenvalue weighted by Crippen LogP contribution is -2.62. The van der Waals surface area contributed by atoms with Crippen LogP contribution in [0.1, 0.15) is 160 Å². The average Bonchev–Trinajstić information content (AvgIpc) is 1.77. The van der Waals surface area contributed by atoms with Crippen molar-refractivity contribution in [3.63, 3.8) is 0 Å². The summed E-state index contributed by atoms with van der Waals surface area (Å²) in [6.45, 7) is 17.8. The smallest absolute Gasteiger partial charge is 0.326 e. The van der Waals surface area contributed by atoms with Crippen LogP contribution in [0.25, 0.3) is 0 Å². The minimum atomic E-state index is -1.78. The zero-order valence-electron chi connectivity index (χ0n) is 65.1. The van der Waals surface area contributed by atoms with Crippen LogP contribution in [-0.4, -0.2) is 253 Å². The van der Waals surface area contributed by atoms with Gasteiger partial charge in [-0.3, -0.25) is 81.5 Å². The van der Waals surface area contributed by atoms with Crippen molar-refractivity contribution >= 4 is 107 Å². The number of hydrogen-bond acceptors (Lipinski definition) is 21. The van der Waals surface area contributed by atoms with Gasteiger partial charge in [-0.2, -0.15) is 0 Å². The van der Waals surface area contributed by atoms with Gasteiger partial charge in [0.05, 0.1) is 31.8 Å². The second-order valence-corrected chi connectivity index (χ2v) is 29.3. The van der Waals surface area contributed by atoms with E-state index in [-0.39, 0.29) is 50.5 Å². The molecule has 622 valence electrons. The van der Waals surface area contributed by atoms with E-state index in [2.05, 4.69) is 69.1 Å². The Morgan fingerprint density at radius 2 is 0.865 bits per heavy atom. The van der Waals surface area contributed by atoms with Crippen molar-refractivity contribution in [3.8, 4) is 0 Å². The molecule has 14 amide bonds. The summed E-state index contributed by atoms with van der Waals surface area (Å²) in [6, 6.07) is -11.9. The third-order valence-corrected chi connectivity index (χ3v) is 18.2. The van der Waals surface area contributed by atoms with Crippen LogP contribution in [0.2, 0.25) is 0 Å². The Kier molecular flexibility index (Phi) is 41.4. The summed E-state index contributed by atoms with van der Waals surface area (Å²) in [5.74, 6) is -22.9. The van der Waals surface area contributed by atoms with Crippen LogP contribution in [0.5, 0.6) is 0 Å². The van der Waals surface area contributed by atoms with Crippen molar-refractivity contribution in [1.29, 1.82) is 0 Å². The zero-order valence-corrected chi connectivity index (χ0v) is 65.1. The number of nitrogens with zero attached hydrogens (tertiary/aromatic N) is 1. The fourth-order valence-electron chi connectivity index (χ4n) is 11.4. The Hall–Kier alpha value is -10.4. The number of hydrogen-bond donors (Lipinski definition) is 20. The van der Waals surface area contributed by atoms with Gasteiger partial charge in [-0.15, -0.1) is 0 Å². The summed E-state index contributed by atoms with van der Waals surface area (Å²) < 4.78 is 0. The molecule has 1 aliphatic rings. The summed E-state index contributed by atoms with van der Waals surface area (Å²) in [5.41, 5.74) is 6.23. The van der Waals surface area contributed by atoms with Gasteiger partial charge in [0.25, 0.3) is 0 Å². The molecule has 111 heavy (non-hydrogen) atoms. The van der Waals surface area contributed by atoms with Gasteiger partial charge in [0.1, 0.15) is 72.5 Å². The number of carbonyl (C=O) groups excluding carboxylic acids is 14. The van der Waals surface area contributed by atoms with Gasteiger partial charge in [-0.05, 0) is 86.5 Å². The number of nitrogens with one attached hydrogen (secondary N) is 13. The van der Waals surface area contributed by atoms with Crippen LogP contribution >= 0.6 is 0 Å². The number of aliphatic carboxylic acids is 4. The number of benzene rings is 1. The van der Waals surface area contributed by atoms with Gasteiger partial charge in [0, 0.05) is 32.2 Å². The van der Waals surface area contributed by atoms with Gasteiger partial charge in [-0.25, -0.2) is 4.79 Å². The summed E-state index contributed by atoms with van der Waals surface area (Å²) in [4.78, 5) is 243. The lowest BCUT2D eigenvalue weighted by molar-refractivity contribution is -0.144. The van der Waals surface area contributed by atoms with Crippen molar-refractivity contribution in [1.82, 2.24) is 74.0 Å². The van der Waals surface area contributed by atoms with Crippen molar-refractivity contribution < 1.29 is 117 Å². The van der Waals surface area contributed by atoms with Crippen molar-refractivity contribution in [2.45, 2.75) is 245 Å². The molecule has 1 heterocycles. The highest BCUT2D eigenvalue weighted by Crippen LogP contribution is 2.23. The SMILES string of the molecule is CC[C@H](C)[C@H](NC(=O)[C@H](CCC(=O)O)NC(=O)[C@H](CO)NC(=O)CNC(=O)CNC(=O)[C@@H](N)C(C)C)C(=O)N[C@@H](CC(C)C)C(=O)N[C@@H](Cc1ccccc1)C(=O)N[C@@H](CCC(=O)O)C(=O)N[C@H](C(=O)N1CCC[C@H]1C(=O)N[C@@H](CCC(=O)O)C(=O)N[C@H](C(=O)N[C@H](C(=O)N[C@H](C(=O)O)C(C)C)[C@@H](C)O)C(C)C)C(C)C. The maximum absolute atomic E-state index is 14.8. The maximum Gasteiger partial charge on any atom is 0.326 e. The lowest BCUT2D eigenvalue weighted by Gasteiger charge is -2.32. The van der Waals surface area contributed by atoms with Crippen LogP contribution in [0.3, 0.4) is 0 Å². The fourth-order valence-corrected chi connectivity index (χ4v) is 11.4. The van der Waals surface area contributed by atoms with Crippen LogP contribution in [0, 0.1) is 35.5 Å². The number of rotatable bonds is 49. The number of nitrogens with two attached hydrogens (primary N) is 1. The Labute approximate surface area is 643 Å². The maximum atomic E-state index is 14.8. The second kappa shape index (κ2) is 47.6. The van der Waals surface area contributed by atoms with E-state index in [1.807, 2.05) is 0 Å². The van der Waals surface area contributed by atoms with Crippen LogP contribution in [0.4, 0.5) is 0 Å². The molecule has 0 aromatic heterocycles. The Morgan fingerprint density at radius 1 is 0.450 bits per heavy atom. The normalized spacial score (nSPS) is 16.5. The van der Waals surface area contributed by atoms with Gasteiger partial charge >= 0.3 is 23.9 Å². The number of carboxylic acid groups (broad SMARTS) is 4. The fraction of sp³-hybridized carbons (Fsp3) is 0.667. The molecule has 0 spiro atoms. The van der Waals surface area contributed by atoms with Gasteiger partial charge < -0.3 is 110 Å². The molecule has 0 unspecified atom stereocenters.